The van der Waals surface area contributed by atoms with E-state index in [1.54, 1.807) is 0 Å². The Labute approximate surface area is 358 Å². The second-order valence-electron chi connectivity index (χ2n) is 15.7. The van der Waals surface area contributed by atoms with Crippen molar-refractivity contribution in [2.75, 3.05) is 4.90 Å². The first-order valence-corrected chi connectivity index (χ1v) is 21.7. The van der Waals surface area contributed by atoms with Gasteiger partial charge in [-0.1, -0.05) is 158 Å². The van der Waals surface area contributed by atoms with E-state index in [2.05, 4.69) is 240 Å². The molecule has 0 atom stereocenters. The summed E-state index contributed by atoms with van der Waals surface area (Å²) in [5, 5.41) is 7.67. The number of benzene rings is 10. The lowest BCUT2D eigenvalue weighted by Gasteiger charge is -2.26. The monoisotopic (exact) mass is 794 g/mol. The smallest absolute Gasteiger partial charge is 0.0541 e. The molecule has 61 heavy (non-hydrogen) atoms. The number of hydrogen-bond donors (Lipinski definition) is 0. The minimum Gasteiger partial charge on any atom is -0.311 e. The van der Waals surface area contributed by atoms with Gasteiger partial charge in [-0.2, -0.15) is 0 Å². The lowest BCUT2D eigenvalue weighted by atomic mass is 9.91. The zero-order valence-electron chi connectivity index (χ0n) is 33.2. The summed E-state index contributed by atoms with van der Waals surface area (Å²) >= 11 is 1.86. The summed E-state index contributed by atoms with van der Waals surface area (Å²) < 4.78 is 5.01. The van der Waals surface area contributed by atoms with Crippen LogP contribution >= 0.6 is 11.3 Å². The Kier molecular flexibility index (Phi) is 8.39. The number of anilines is 3. The second-order valence-corrected chi connectivity index (χ2v) is 16.8. The molecule has 286 valence electrons. The third kappa shape index (κ3) is 5.93. The molecule has 2 aromatic heterocycles. The van der Waals surface area contributed by atoms with Gasteiger partial charge >= 0.3 is 0 Å². The molecular formula is C58H38N2S. The van der Waals surface area contributed by atoms with Gasteiger partial charge in [0.1, 0.15) is 0 Å². The van der Waals surface area contributed by atoms with E-state index in [0.29, 0.717) is 0 Å². The molecule has 10 aromatic carbocycles. The van der Waals surface area contributed by atoms with Crippen LogP contribution < -0.4 is 4.90 Å². The van der Waals surface area contributed by atoms with Crippen LogP contribution in [-0.2, 0) is 0 Å². The molecule has 0 bridgehead atoms. The molecule has 0 N–H and O–H groups in total. The van der Waals surface area contributed by atoms with Gasteiger partial charge in [-0.25, -0.2) is 0 Å². The molecule has 12 rings (SSSR count). The molecule has 2 nitrogen and oxygen atoms in total. The number of thiophene rings is 1. The van der Waals surface area contributed by atoms with Crippen LogP contribution in [0.1, 0.15) is 0 Å². The van der Waals surface area contributed by atoms with Crippen LogP contribution in [0.5, 0.6) is 0 Å². The van der Waals surface area contributed by atoms with Gasteiger partial charge in [0.25, 0.3) is 0 Å². The third-order valence-corrected chi connectivity index (χ3v) is 13.3. The van der Waals surface area contributed by atoms with Crippen LogP contribution in [0.3, 0.4) is 0 Å². The average molecular weight is 795 g/mol. The highest BCUT2D eigenvalue weighted by molar-refractivity contribution is 7.25. The van der Waals surface area contributed by atoms with Crippen molar-refractivity contribution < 1.29 is 0 Å². The number of fused-ring (bicyclic) bond motifs is 7. The van der Waals surface area contributed by atoms with Gasteiger partial charge in [-0.3, -0.25) is 0 Å². The maximum atomic E-state index is 2.38. The number of aromatic nitrogens is 1. The highest BCUT2D eigenvalue weighted by atomic mass is 32.1. The SMILES string of the molecule is c1ccc(-c2cccc3cccc(-c4ccc(N(c5ccc(-c6cccc7sc8ccccc8c67)cc5)c5ccc(-n6c7ccccc7c7ccccc76)cc5)cc4)c23)cc1. The number of nitrogens with zero attached hydrogens (tertiary/aromatic N) is 2. The molecule has 0 saturated heterocycles. The van der Waals surface area contributed by atoms with Crippen LogP contribution in [0.25, 0.3) is 91.8 Å². The molecule has 2 heterocycles. The minimum absolute atomic E-state index is 1.09. The average Bonchev–Trinajstić information content (AvgIpc) is 3.89. The van der Waals surface area contributed by atoms with E-state index in [0.717, 1.165) is 22.7 Å². The van der Waals surface area contributed by atoms with E-state index in [1.807, 2.05) is 11.3 Å². The fourth-order valence-electron chi connectivity index (χ4n) is 9.43. The fraction of sp³-hybridized carbons (Fsp3) is 0. The molecule has 0 saturated carbocycles. The lowest BCUT2D eigenvalue weighted by Crippen LogP contribution is -2.10. The van der Waals surface area contributed by atoms with Gasteiger partial charge in [0.05, 0.1) is 11.0 Å². The normalized spacial score (nSPS) is 11.6. The van der Waals surface area contributed by atoms with Crippen molar-refractivity contribution in [3.05, 3.63) is 231 Å². The summed E-state index contributed by atoms with van der Waals surface area (Å²) in [7, 11) is 0. The number of hydrogen-bond acceptors (Lipinski definition) is 2. The Morgan fingerprint density at radius 3 is 1.34 bits per heavy atom. The molecule has 0 radical (unpaired) electrons. The maximum Gasteiger partial charge on any atom is 0.0541 e. The van der Waals surface area contributed by atoms with Crippen LogP contribution in [0.2, 0.25) is 0 Å². The molecule has 3 heteroatoms. The van der Waals surface area contributed by atoms with Gasteiger partial charge < -0.3 is 9.47 Å². The first kappa shape index (κ1) is 35.2. The van der Waals surface area contributed by atoms with Crippen molar-refractivity contribution in [3.8, 4) is 39.1 Å². The summed E-state index contributed by atoms with van der Waals surface area (Å²) in [5.74, 6) is 0. The van der Waals surface area contributed by atoms with Gasteiger partial charge in [0, 0.05) is 53.7 Å². The van der Waals surface area contributed by atoms with Crippen LogP contribution in [0.15, 0.2) is 231 Å². The standard InChI is InChI=1S/C58H38N2S/c1-2-13-39(14-3-1)47-20-10-15-42-16-11-21-48(57(42)47)40-27-31-43(32-28-40)59(44-33-29-41(30-34-44)49-22-12-26-56-58(49)52-19-6-9-25-55(52)61-56)45-35-37-46(38-36-45)60-53-23-7-4-17-50(53)51-18-5-8-24-54(51)60/h1-38H. The highest BCUT2D eigenvalue weighted by Gasteiger charge is 2.18. The Hall–Kier alpha value is -7.72. The second kappa shape index (κ2) is 14.5. The molecule has 0 spiro atoms. The van der Waals surface area contributed by atoms with Gasteiger partial charge in [-0.05, 0) is 117 Å². The minimum atomic E-state index is 1.09. The van der Waals surface area contributed by atoms with E-state index in [9.17, 15) is 0 Å². The first-order valence-electron chi connectivity index (χ1n) is 20.8. The van der Waals surface area contributed by atoms with Gasteiger partial charge in [-0.15, -0.1) is 11.3 Å². The van der Waals surface area contributed by atoms with E-state index in [-0.39, 0.29) is 0 Å². The molecule has 12 aromatic rings. The Morgan fingerprint density at radius 2 is 0.754 bits per heavy atom. The zero-order valence-corrected chi connectivity index (χ0v) is 34.1. The van der Waals surface area contributed by atoms with Crippen LogP contribution in [0.4, 0.5) is 17.1 Å². The molecule has 0 amide bonds. The molecule has 0 aliphatic carbocycles. The highest BCUT2D eigenvalue weighted by Crippen LogP contribution is 2.43. The maximum absolute atomic E-state index is 2.38. The van der Waals surface area contributed by atoms with E-state index in [1.165, 1.54) is 86.1 Å². The lowest BCUT2D eigenvalue weighted by molar-refractivity contribution is 1.17. The van der Waals surface area contributed by atoms with Crippen molar-refractivity contribution >= 4 is 81.1 Å². The summed E-state index contributed by atoms with van der Waals surface area (Å²) in [6.07, 6.45) is 0. The molecule has 0 aliphatic rings. The molecule has 0 aliphatic heterocycles. The van der Waals surface area contributed by atoms with Crippen molar-refractivity contribution in [1.29, 1.82) is 0 Å². The Balaban J connectivity index is 0.978. The van der Waals surface area contributed by atoms with Gasteiger partial charge in [0.15, 0.2) is 0 Å². The predicted octanol–water partition coefficient (Wildman–Crippen LogP) is 16.8. The molecular weight excluding hydrogens is 757 g/mol. The quantitative estimate of drug-likeness (QED) is 0.156. The Bertz CT molecular complexity index is 3500. The van der Waals surface area contributed by atoms with Gasteiger partial charge in [0.2, 0.25) is 0 Å². The van der Waals surface area contributed by atoms with E-state index < -0.39 is 0 Å². The van der Waals surface area contributed by atoms with E-state index in [4.69, 9.17) is 0 Å². The number of para-hydroxylation sites is 2. The van der Waals surface area contributed by atoms with Crippen molar-refractivity contribution in [2.45, 2.75) is 0 Å². The summed E-state index contributed by atoms with van der Waals surface area (Å²) in [6, 6.07) is 84.1. The third-order valence-electron chi connectivity index (χ3n) is 12.2. The topological polar surface area (TPSA) is 8.17 Å². The summed E-state index contributed by atoms with van der Waals surface area (Å²) in [6.45, 7) is 0. The largest absolute Gasteiger partial charge is 0.311 e. The van der Waals surface area contributed by atoms with Crippen molar-refractivity contribution in [2.24, 2.45) is 0 Å². The Morgan fingerprint density at radius 1 is 0.311 bits per heavy atom. The van der Waals surface area contributed by atoms with Crippen molar-refractivity contribution in [3.63, 3.8) is 0 Å². The first-order chi connectivity index (χ1) is 30.3. The van der Waals surface area contributed by atoms with E-state index >= 15 is 0 Å². The zero-order chi connectivity index (χ0) is 40.3. The van der Waals surface area contributed by atoms with Crippen LogP contribution in [-0.4, -0.2) is 4.57 Å². The predicted molar refractivity (Wildman–Crippen MR) is 262 cm³/mol. The van der Waals surface area contributed by atoms with Crippen LogP contribution in [0, 0.1) is 0 Å². The molecule has 0 unspecified atom stereocenters. The fourth-order valence-corrected chi connectivity index (χ4v) is 10.6. The molecule has 0 fully saturated rings. The summed E-state index contributed by atoms with van der Waals surface area (Å²) in [5.41, 5.74) is 14.2. The summed E-state index contributed by atoms with van der Waals surface area (Å²) in [4.78, 5) is 2.38. The number of rotatable bonds is 7. The van der Waals surface area contributed by atoms with Crippen molar-refractivity contribution in [1.82, 2.24) is 4.57 Å².